The monoisotopic (exact) mass is 531 g/mol. The molecule has 3 N–H and O–H groups in total. The standard InChI is InChI=1S/C28H36F2N3O3P/c1-18(2)15-22(17-34)31-26(35)23(19-3-5-20(29)6-4-19)9-12-33-13-10-28(11-14-33)24-16-21(30)7-8-25(24)32-27(36)37-28/h3-8,16,18,22-23,34,37H,9-15,17H2,1-2H3,(H,31,35)(H,32,36)/t22-,23?/m1/s1. The minimum Gasteiger partial charge on any atom is -0.394 e. The van der Waals surface area contributed by atoms with Crippen LogP contribution < -0.4 is 10.6 Å². The Bertz CT molecular complexity index is 1100. The highest BCUT2D eigenvalue weighted by Gasteiger charge is 2.43. The van der Waals surface area contributed by atoms with E-state index in [1.807, 2.05) is 13.8 Å². The highest BCUT2D eigenvalue weighted by atomic mass is 31.1. The van der Waals surface area contributed by atoms with E-state index in [2.05, 4.69) is 15.5 Å². The molecule has 1 saturated heterocycles. The number of carbonyl (C=O) groups excluding carboxylic acids is 2. The van der Waals surface area contributed by atoms with Gasteiger partial charge in [0.2, 0.25) is 11.6 Å². The van der Waals surface area contributed by atoms with Crippen molar-refractivity contribution < 1.29 is 23.5 Å². The van der Waals surface area contributed by atoms with Crippen LogP contribution in [0.1, 0.15) is 56.6 Å². The fourth-order valence-corrected chi connectivity index (χ4v) is 6.97. The largest absolute Gasteiger partial charge is 0.394 e. The van der Waals surface area contributed by atoms with Gasteiger partial charge in [0.25, 0.3) is 0 Å². The summed E-state index contributed by atoms with van der Waals surface area (Å²) in [5, 5.41) is 15.3. The summed E-state index contributed by atoms with van der Waals surface area (Å²) in [5.41, 5.74) is 2.31. The number of rotatable bonds is 9. The highest BCUT2D eigenvalue weighted by Crippen LogP contribution is 2.55. The van der Waals surface area contributed by atoms with Gasteiger partial charge in [-0.25, -0.2) is 8.78 Å². The van der Waals surface area contributed by atoms with Crippen molar-refractivity contribution in [1.29, 1.82) is 0 Å². The Labute approximate surface area is 219 Å². The summed E-state index contributed by atoms with van der Waals surface area (Å²) < 4.78 is 27.6. The van der Waals surface area contributed by atoms with E-state index in [4.69, 9.17) is 0 Å². The Kier molecular flexibility index (Phi) is 8.94. The summed E-state index contributed by atoms with van der Waals surface area (Å²) in [7, 11) is 0.0454. The van der Waals surface area contributed by atoms with Gasteiger partial charge in [0.05, 0.1) is 18.6 Å². The Hall–Kier alpha value is -2.41. The molecule has 2 aromatic rings. The molecule has 1 spiro atoms. The van der Waals surface area contributed by atoms with E-state index in [0.717, 1.165) is 37.1 Å². The van der Waals surface area contributed by atoms with Crippen molar-refractivity contribution in [2.24, 2.45) is 5.92 Å². The molecular formula is C28H36F2N3O3P. The Morgan fingerprint density at radius 2 is 1.81 bits per heavy atom. The number of likely N-dealkylation sites (tertiary alicyclic amines) is 1. The molecule has 4 rings (SSSR count). The molecule has 0 bridgehead atoms. The lowest BCUT2D eigenvalue weighted by molar-refractivity contribution is -0.124. The van der Waals surface area contributed by atoms with Crippen LogP contribution in [-0.2, 0) is 9.95 Å². The first-order valence-electron chi connectivity index (χ1n) is 13.0. The van der Waals surface area contributed by atoms with Crippen LogP contribution in [0.2, 0.25) is 0 Å². The second-order valence-electron chi connectivity index (χ2n) is 10.6. The van der Waals surface area contributed by atoms with Crippen molar-refractivity contribution in [2.75, 3.05) is 31.6 Å². The summed E-state index contributed by atoms with van der Waals surface area (Å²) in [6.07, 6.45) is 2.69. The van der Waals surface area contributed by atoms with Crippen LogP contribution in [0, 0.1) is 17.6 Å². The SMILES string of the molecule is CC(C)C[C@H](CO)NC(=O)C(CCN1CCC2(CC1)PC(=O)Nc1ccc(F)cc12)c1ccc(F)cc1. The Balaban J connectivity index is 1.43. The number of nitrogens with zero attached hydrogens (tertiary/aromatic N) is 1. The zero-order chi connectivity index (χ0) is 26.6. The quantitative estimate of drug-likeness (QED) is 0.390. The van der Waals surface area contributed by atoms with Crippen LogP contribution in [0.25, 0.3) is 0 Å². The lowest BCUT2D eigenvalue weighted by atomic mass is 9.86. The Morgan fingerprint density at radius 3 is 2.46 bits per heavy atom. The van der Waals surface area contributed by atoms with E-state index < -0.39 is 5.92 Å². The van der Waals surface area contributed by atoms with Crippen molar-refractivity contribution in [3.05, 3.63) is 65.2 Å². The number of halogens is 2. The molecule has 0 radical (unpaired) electrons. The van der Waals surface area contributed by atoms with Crippen molar-refractivity contribution in [2.45, 2.75) is 56.6 Å². The van der Waals surface area contributed by atoms with Gasteiger partial charge in [0.15, 0.2) is 0 Å². The van der Waals surface area contributed by atoms with Gasteiger partial charge in [0, 0.05) is 10.8 Å². The lowest BCUT2D eigenvalue weighted by Gasteiger charge is -2.44. The summed E-state index contributed by atoms with van der Waals surface area (Å²) in [5.74, 6) is -0.979. The number of nitrogens with one attached hydrogen (secondary N) is 2. The first-order chi connectivity index (χ1) is 17.7. The van der Waals surface area contributed by atoms with Gasteiger partial charge in [-0.2, -0.15) is 0 Å². The fourth-order valence-electron chi connectivity index (χ4n) is 5.52. The number of hydrogen-bond acceptors (Lipinski definition) is 4. The molecule has 200 valence electrons. The first-order valence-corrected chi connectivity index (χ1v) is 14.0. The highest BCUT2D eigenvalue weighted by molar-refractivity contribution is 7.59. The molecule has 2 unspecified atom stereocenters. The average molecular weight is 532 g/mol. The third-order valence-electron chi connectivity index (χ3n) is 7.45. The van der Waals surface area contributed by atoms with Crippen molar-refractivity contribution in [3.8, 4) is 0 Å². The van der Waals surface area contributed by atoms with Gasteiger partial charge < -0.3 is 20.6 Å². The summed E-state index contributed by atoms with van der Waals surface area (Å²) in [6.45, 7) is 6.08. The molecule has 1 fully saturated rings. The molecule has 2 aliphatic heterocycles. The van der Waals surface area contributed by atoms with E-state index in [1.54, 1.807) is 24.3 Å². The van der Waals surface area contributed by atoms with Gasteiger partial charge in [0.1, 0.15) is 11.6 Å². The molecule has 9 heteroatoms. The zero-order valence-corrected chi connectivity index (χ0v) is 22.4. The smallest absolute Gasteiger partial charge is 0.243 e. The number of aliphatic hydroxyl groups excluding tert-OH is 1. The molecule has 0 aliphatic carbocycles. The van der Waals surface area contributed by atoms with Crippen LogP contribution in [0.4, 0.5) is 19.3 Å². The molecule has 2 aliphatic rings. The van der Waals surface area contributed by atoms with Gasteiger partial charge in [-0.1, -0.05) is 26.0 Å². The number of fused-ring (bicyclic) bond motifs is 2. The number of anilines is 1. The van der Waals surface area contributed by atoms with Gasteiger partial charge >= 0.3 is 0 Å². The van der Waals surface area contributed by atoms with Crippen molar-refractivity contribution >= 4 is 25.8 Å². The van der Waals surface area contributed by atoms with E-state index in [1.165, 1.54) is 18.2 Å². The maximum Gasteiger partial charge on any atom is 0.243 e. The normalized spacial score (nSPS) is 19.5. The maximum atomic E-state index is 14.1. The minimum atomic E-state index is -0.477. The van der Waals surface area contributed by atoms with Crippen LogP contribution in [0.15, 0.2) is 42.5 Å². The zero-order valence-electron chi connectivity index (χ0n) is 21.4. The maximum absolute atomic E-state index is 14.1. The van der Waals surface area contributed by atoms with Crippen LogP contribution in [0.5, 0.6) is 0 Å². The topological polar surface area (TPSA) is 81.7 Å². The predicted molar refractivity (Wildman–Crippen MR) is 143 cm³/mol. The third-order valence-corrected chi connectivity index (χ3v) is 9.05. The molecule has 2 amide bonds. The predicted octanol–water partition coefficient (Wildman–Crippen LogP) is 5.18. The second kappa shape index (κ2) is 12.0. The number of piperidine rings is 1. The van der Waals surface area contributed by atoms with Crippen LogP contribution >= 0.6 is 8.58 Å². The fraction of sp³-hybridized carbons (Fsp3) is 0.500. The Morgan fingerprint density at radius 1 is 1.14 bits per heavy atom. The van der Waals surface area contributed by atoms with Gasteiger partial charge in [-0.3, -0.25) is 9.59 Å². The van der Waals surface area contributed by atoms with Crippen LogP contribution in [-0.4, -0.2) is 53.8 Å². The van der Waals surface area contributed by atoms with E-state index >= 15 is 0 Å². The number of benzene rings is 2. The van der Waals surface area contributed by atoms with Crippen molar-refractivity contribution in [1.82, 2.24) is 10.2 Å². The van der Waals surface area contributed by atoms with Crippen molar-refractivity contribution in [3.63, 3.8) is 0 Å². The molecule has 2 heterocycles. The number of amides is 2. The molecule has 37 heavy (non-hydrogen) atoms. The molecular weight excluding hydrogens is 495 g/mol. The van der Waals surface area contributed by atoms with Gasteiger partial charge in [-0.15, -0.1) is 0 Å². The summed E-state index contributed by atoms with van der Waals surface area (Å²) in [6, 6.07) is 10.3. The summed E-state index contributed by atoms with van der Waals surface area (Å²) in [4.78, 5) is 28.0. The third kappa shape index (κ3) is 6.73. The number of aliphatic hydroxyl groups is 1. The molecule has 2 aromatic carbocycles. The van der Waals surface area contributed by atoms with Gasteiger partial charge in [-0.05, 0) is 101 Å². The average Bonchev–Trinajstić information content (AvgIpc) is 2.86. The number of hydrogen-bond donors (Lipinski definition) is 3. The van der Waals surface area contributed by atoms with E-state index in [-0.39, 0.29) is 49.6 Å². The summed E-state index contributed by atoms with van der Waals surface area (Å²) >= 11 is 0. The second-order valence-corrected chi connectivity index (χ2v) is 12.3. The molecule has 3 atom stereocenters. The minimum absolute atomic E-state index is 0.0135. The van der Waals surface area contributed by atoms with E-state index in [0.29, 0.717) is 31.0 Å². The van der Waals surface area contributed by atoms with E-state index in [9.17, 15) is 23.5 Å². The number of carbonyl (C=O) groups is 2. The molecule has 0 aromatic heterocycles. The molecule has 0 saturated carbocycles. The lowest BCUT2D eigenvalue weighted by Crippen LogP contribution is -2.44. The molecule has 6 nitrogen and oxygen atoms in total. The first kappa shape index (κ1) is 27.6. The van der Waals surface area contributed by atoms with Crippen LogP contribution in [0.3, 0.4) is 0 Å².